The van der Waals surface area contributed by atoms with Gasteiger partial charge >= 0.3 is 6.18 Å². The average Bonchev–Trinajstić information content (AvgIpc) is 2.57. The molecule has 2 aromatic rings. The first kappa shape index (κ1) is 18.3. The molecule has 0 aliphatic carbocycles. The Labute approximate surface area is 144 Å². The maximum atomic E-state index is 12.6. The van der Waals surface area contributed by atoms with Gasteiger partial charge in [0.25, 0.3) is 0 Å². The van der Waals surface area contributed by atoms with Crippen LogP contribution in [-0.4, -0.2) is 12.5 Å². The summed E-state index contributed by atoms with van der Waals surface area (Å²) in [5.74, 6) is 4.93. The third kappa shape index (κ3) is 5.85. The summed E-state index contributed by atoms with van der Waals surface area (Å²) in [6, 6.07) is 12.4. The Hall–Kier alpha value is -3.00. The standard InChI is InChI=1S/C20H16F3NO/c1-15-6-2-3-9-17(15)11-12-19(25)24-13-5-8-16-7-4-10-18(14-16)20(21,22)23/h2-4,6-7,9-12,14H,13H2,1H3,(H,24,25)/b12-11+. The van der Waals surface area contributed by atoms with Crippen molar-refractivity contribution in [2.45, 2.75) is 13.1 Å². The molecule has 0 aliphatic rings. The predicted octanol–water partition coefficient (Wildman–Crippen LogP) is 4.19. The molecule has 0 saturated heterocycles. The van der Waals surface area contributed by atoms with Gasteiger partial charge in [-0.2, -0.15) is 13.2 Å². The van der Waals surface area contributed by atoms with Gasteiger partial charge in [0, 0.05) is 11.6 Å². The van der Waals surface area contributed by atoms with Gasteiger partial charge in [-0.1, -0.05) is 42.2 Å². The van der Waals surface area contributed by atoms with Crippen LogP contribution in [0.15, 0.2) is 54.6 Å². The Bertz CT molecular complexity index is 842. The molecule has 0 saturated carbocycles. The number of rotatable bonds is 3. The molecule has 0 unspecified atom stereocenters. The molecular formula is C20H16F3NO. The number of hydrogen-bond donors (Lipinski definition) is 1. The summed E-state index contributed by atoms with van der Waals surface area (Å²) in [7, 11) is 0. The Morgan fingerprint density at radius 1 is 1.16 bits per heavy atom. The summed E-state index contributed by atoms with van der Waals surface area (Å²) in [4.78, 5) is 11.7. The average molecular weight is 343 g/mol. The maximum absolute atomic E-state index is 12.6. The van der Waals surface area contributed by atoms with Crippen molar-refractivity contribution in [1.29, 1.82) is 0 Å². The minimum atomic E-state index is -4.40. The summed E-state index contributed by atoms with van der Waals surface area (Å²) < 4.78 is 37.8. The van der Waals surface area contributed by atoms with Crippen molar-refractivity contribution < 1.29 is 18.0 Å². The minimum absolute atomic E-state index is 0.0488. The van der Waals surface area contributed by atoms with Crippen molar-refractivity contribution in [3.05, 3.63) is 76.9 Å². The summed E-state index contributed by atoms with van der Waals surface area (Å²) >= 11 is 0. The molecule has 0 radical (unpaired) electrons. The van der Waals surface area contributed by atoms with Crippen molar-refractivity contribution in [2.75, 3.05) is 6.54 Å². The van der Waals surface area contributed by atoms with Crippen LogP contribution in [0.1, 0.15) is 22.3 Å². The lowest BCUT2D eigenvalue weighted by Gasteiger charge is -2.05. The largest absolute Gasteiger partial charge is 0.416 e. The van der Waals surface area contributed by atoms with E-state index in [1.165, 1.54) is 18.2 Å². The van der Waals surface area contributed by atoms with Gasteiger partial charge in [0.05, 0.1) is 12.1 Å². The van der Waals surface area contributed by atoms with E-state index in [0.717, 1.165) is 23.3 Å². The van der Waals surface area contributed by atoms with Gasteiger partial charge in [-0.25, -0.2) is 0 Å². The first-order valence-electron chi connectivity index (χ1n) is 7.54. The number of amides is 1. The van der Waals surface area contributed by atoms with Crippen LogP contribution in [-0.2, 0) is 11.0 Å². The van der Waals surface area contributed by atoms with E-state index in [9.17, 15) is 18.0 Å². The van der Waals surface area contributed by atoms with Crippen molar-refractivity contribution in [2.24, 2.45) is 0 Å². The summed E-state index contributed by atoms with van der Waals surface area (Å²) in [6.45, 7) is 1.99. The second-order valence-corrected chi connectivity index (χ2v) is 5.29. The summed E-state index contributed by atoms with van der Waals surface area (Å²) in [5.41, 5.74) is 1.49. The van der Waals surface area contributed by atoms with Crippen LogP contribution < -0.4 is 5.32 Å². The molecule has 2 rings (SSSR count). The third-order valence-corrected chi connectivity index (χ3v) is 3.38. The lowest BCUT2D eigenvalue weighted by molar-refractivity contribution is -0.137. The number of carbonyl (C=O) groups excluding carboxylic acids is 1. The van der Waals surface area contributed by atoms with Gasteiger partial charge in [0.2, 0.25) is 5.91 Å². The zero-order chi connectivity index (χ0) is 18.3. The number of hydrogen-bond acceptors (Lipinski definition) is 1. The van der Waals surface area contributed by atoms with E-state index in [-0.39, 0.29) is 18.0 Å². The first-order chi connectivity index (χ1) is 11.9. The zero-order valence-electron chi connectivity index (χ0n) is 13.5. The first-order valence-corrected chi connectivity index (χ1v) is 7.54. The highest BCUT2D eigenvalue weighted by Gasteiger charge is 2.30. The highest BCUT2D eigenvalue weighted by atomic mass is 19.4. The molecule has 1 amide bonds. The molecule has 128 valence electrons. The fourth-order valence-corrected chi connectivity index (χ4v) is 2.05. The monoisotopic (exact) mass is 343 g/mol. The number of alkyl halides is 3. The van der Waals surface area contributed by atoms with E-state index in [0.29, 0.717) is 0 Å². The second-order valence-electron chi connectivity index (χ2n) is 5.29. The van der Waals surface area contributed by atoms with Crippen molar-refractivity contribution in [3.63, 3.8) is 0 Å². The SMILES string of the molecule is Cc1ccccc1/C=C/C(=O)NCC#Cc1cccc(C(F)(F)F)c1. The number of benzene rings is 2. The molecule has 0 aliphatic heterocycles. The van der Waals surface area contributed by atoms with Crippen LogP contribution in [0.3, 0.4) is 0 Å². The molecule has 0 atom stereocenters. The minimum Gasteiger partial charge on any atom is -0.342 e. The quantitative estimate of drug-likeness (QED) is 0.657. The molecule has 0 heterocycles. The van der Waals surface area contributed by atoms with Gasteiger partial charge in [0.15, 0.2) is 0 Å². The van der Waals surface area contributed by atoms with E-state index >= 15 is 0 Å². The van der Waals surface area contributed by atoms with Crippen molar-refractivity contribution in [3.8, 4) is 11.8 Å². The number of nitrogens with one attached hydrogen (secondary N) is 1. The van der Waals surface area contributed by atoms with E-state index in [1.54, 1.807) is 6.08 Å². The van der Waals surface area contributed by atoms with Crippen molar-refractivity contribution >= 4 is 12.0 Å². The molecule has 2 aromatic carbocycles. The van der Waals surface area contributed by atoms with Gasteiger partial charge in [-0.15, -0.1) is 0 Å². The molecule has 0 aromatic heterocycles. The maximum Gasteiger partial charge on any atom is 0.416 e. The Morgan fingerprint density at radius 3 is 2.64 bits per heavy atom. The Morgan fingerprint density at radius 2 is 1.92 bits per heavy atom. The van der Waals surface area contributed by atoms with Crippen LogP contribution in [0.4, 0.5) is 13.2 Å². The molecule has 1 N–H and O–H groups in total. The van der Waals surface area contributed by atoms with E-state index in [1.807, 2.05) is 31.2 Å². The molecule has 5 heteroatoms. The molecule has 0 fully saturated rings. The van der Waals surface area contributed by atoms with Crippen molar-refractivity contribution in [1.82, 2.24) is 5.32 Å². The van der Waals surface area contributed by atoms with Gasteiger partial charge in [-0.3, -0.25) is 4.79 Å². The number of halogens is 3. The van der Waals surface area contributed by atoms with Gasteiger partial charge < -0.3 is 5.32 Å². The molecule has 0 spiro atoms. The Kier molecular flexibility index (Phi) is 6.02. The summed E-state index contributed by atoms with van der Waals surface area (Å²) in [6.07, 6.45) is -1.30. The van der Waals surface area contributed by atoms with Crippen LogP contribution in [0.25, 0.3) is 6.08 Å². The van der Waals surface area contributed by atoms with Gasteiger partial charge in [-0.05, 0) is 42.3 Å². The molecule has 2 nitrogen and oxygen atoms in total. The topological polar surface area (TPSA) is 29.1 Å². The predicted molar refractivity (Wildman–Crippen MR) is 91.5 cm³/mol. The van der Waals surface area contributed by atoms with E-state index in [4.69, 9.17) is 0 Å². The lowest BCUT2D eigenvalue weighted by Crippen LogP contribution is -2.20. The fourth-order valence-electron chi connectivity index (χ4n) is 2.05. The second kappa shape index (κ2) is 8.20. The lowest BCUT2D eigenvalue weighted by atomic mass is 10.1. The highest BCUT2D eigenvalue weighted by molar-refractivity contribution is 5.92. The summed E-state index contributed by atoms with van der Waals surface area (Å²) in [5, 5.41) is 2.57. The molecule has 0 bridgehead atoms. The van der Waals surface area contributed by atoms with Crippen LogP contribution in [0.2, 0.25) is 0 Å². The number of aryl methyl sites for hydroxylation is 1. The van der Waals surface area contributed by atoms with Crippen LogP contribution in [0, 0.1) is 18.8 Å². The highest BCUT2D eigenvalue weighted by Crippen LogP contribution is 2.29. The van der Waals surface area contributed by atoms with Crippen LogP contribution in [0.5, 0.6) is 0 Å². The van der Waals surface area contributed by atoms with Crippen LogP contribution >= 0.6 is 0 Å². The fraction of sp³-hybridized carbons (Fsp3) is 0.150. The normalized spacial score (nSPS) is 11.0. The smallest absolute Gasteiger partial charge is 0.342 e. The van der Waals surface area contributed by atoms with E-state index in [2.05, 4.69) is 17.2 Å². The van der Waals surface area contributed by atoms with Gasteiger partial charge in [0.1, 0.15) is 0 Å². The molecular weight excluding hydrogens is 327 g/mol. The zero-order valence-corrected chi connectivity index (χ0v) is 13.5. The molecule has 25 heavy (non-hydrogen) atoms. The Balaban J connectivity index is 1.90. The number of carbonyl (C=O) groups is 1. The third-order valence-electron chi connectivity index (χ3n) is 3.38. The van der Waals surface area contributed by atoms with E-state index < -0.39 is 11.7 Å².